The van der Waals surface area contributed by atoms with Crippen molar-refractivity contribution in [1.82, 2.24) is 4.90 Å². The molecule has 0 bridgehead atoms. The molecule has 3 heteroatoms. The molecule has 1 atom stereocenters. The topological polar surface area (TPSA) is 15.7 Å². The van der Waals surface area contributed by atoms with E-state index in [9.17, 15) is 0 Å². The third-order valence-corrected chi connectivity index (χ3v) is 5.88. The number of hydrogen-bond acceptors (Lipinski definition) is 3. The van der Waals surface area contributed by atoms with Gasteiger partial charge in [0.1, 0.15) is 12.4 Å². The average molecular weight is 407 g/mol. The Bertz CT molecular complexity index is 765. The van der Waals surface area contributed by atoms with Gasteiger partial charge < -0.3 is 14.5 Å². The van der Waals surface area contributed by atoms with Crippen LogP contribution in [0.15, 0.2) is 66.2 Å². The fraction of sp³-hybridized carbons (Fsp3) is 0.481. The second-order valence-corrected chi connectivity index (χ2v) is 8.65. The van der Waals surface area contributed by atoms with E-state index in [4.69, 9.17) is 4.74 Å². The Hall–Kier alpha value is -2.26. The molecule has 2 aromatic rings. The Morgan fingerprint density at radius 3 is 2.53 bits per heavy atom. The number of allylic oxidation sites excluding steroid dienone is 1. The summed E-state index contributed by atoms with van der Waals surface area (Å²) >= 11 is 0. The highest BCUT2D eigenvalue weighted by Crippen LogP contribution is 2.26. The number of unbranched alkanes of at least 4 members (excludes halogenated alkanes) is 2. The molecule has 0 N–H and O–H groups in total. The van der Waals surface area contributed by atoms with Crippen LogP contribution >= 0.6 is 0 Å². The SMILES string of the molecule is CCCCCN1CCC(N(CC=C(C)C)c2ccc(OCc3ccccc3)cc2)C1. The molecule has 1 heterocycles. The van der Waals surface area contributed by atoms with Crippen LogP contribution in [0, 0.1) is 0 Å². The van der Waals surface area contributed by atoms with Gasteiger partial charge in [0.25, 0.3) is 0 Å². The highest BCUT2D eigenvalue weighted by atomic mass is 16.5. The first-order valence-electron chi connectivity index (χ1n) is 11.5. The van der Waals surface area contributed by atoms with Crippen LogP contribution in [-0.2, 0) is 6.61 Å². The number of ether oxygens (including phenoxy) is 1. The van der Waals surface area contributed by atoms with Gasteiger partial charge in [-0.25, -0.2) is 0 Å². The van der Waals surface area contributed by atoms with Gasteiger partial charge in [0.15, 0.2) is 0 Å². The molecule has 3 rings (SSSR count). The van der Waals surface area contributed by atoms with E-state index < -0.39 is 0 Å². The lowest BCUT2D eigenvalue weighted by molar-refractivity contribution is 0.306. The second-order valence-electron chi connectivity index (χ2n) is 8.65. The summed E-state index contributed by atoms with van der Waals surface area (Å²) in [5.41, 5.74) is 3.86. The van der Waals surface area contributed by atoms with Crippen molar-refractivity contribution in [3.63, 3.8) is 0 Å². The quantitative estimate of drug-likeness (QED) is 0.321. The van der Waals surface area contributed by atoms with E-state index in [-0.39, 0.29) is 0 Å². The van der Waals surface area contributed by atoms with Crippen molar-refractivity contribution in [2.75, 3.05) is 31.1 Å². The van der Waals surface area contributed by atoms with Gasteiger partial charge >= 0.3 is 0 Å². The monoisotopic (exact) mass is 406 g/mol. The van der Waals surface area contributed by atoms with Crippen molar-refractivity contribution in [3.8, 4) is 5.75 Å². The zero-order valence-corrected chi connectivity index (χ0v) is 19.0. The summed E-state index contributed by atoms with van der Waals surface area (Å²) in [5.74, 6) is 0.928. The Morgan fingerprint density at radius 1 is 1.07 bits per heavy atom. The summed E-state index contributed by atoms with van der Waals surface area (Å²) in [4.78, 5) is 5.22. The van der Waals surface area contributed by atoms with Crippen LogP contribution in [-0.4, -0.2) is 37.1 Å². The maximum Gasteiger partial charge on any atom is 0.119 e. The van der Waals surface area contributed by atoms with Crippen LogP contribution in [0.5, 0.6) is 5.75 Å². The fourth-order valence-electron chi connectivity index (χ4n) is 4.08. The van der Waals surface area contributed by atoms with Gasteiger partial charge in [-0.2, -0.15) is 0 Å². The van der Waals surface area contributed by atoms with E-state index in [0.29, 0.717) is 12.6 Å². The van der Waals surface area contributed by atoms with Crippen molar-refractivity contribution in [2.45, 2.75) is 59.1 Å². The highest BCUT2D eigenvalue weighted by molar-refractivity contribution is 5.51. The van der Waals surface area contributed by atoms with E-state index in [2.05, 4.69) is 85.2 Å². The summed E-state index contributed by atoms with van der Waals surface area (Å²) in [6.07, 6.45) is 7.55. The molecular weight excluding hydrogens is 368 g/mol. The zero-order chi connectivity index (χ0) is 21.2. The maximum atomic E-state index is 5.98. The summed E-state index contributed by atoms with van der Waals surface area (Å²) < 4.78 is 5.98. The predicted molar refractivity (Wildman–Crippen MR) is 128 cm³/mol. The summed E-state index contributed by atoms with van der Waals surface area (Å²) in [5, 5.41) is 0. The van der Waals surface area contributed by atoms with E-state index >= 15 is 0 Å². The molecule has 0 aliphatic carbocycles. The zero-order valence-electron chi connectivity index (χ0n) is 19.0. The Labute approximate surface area is 183 Å². The van der Waals surface area contributed by atoms with E-state index in [0.717, 1.165) is 12.3 Å². The molecule has 1 saturated heterocycles. The third kappa shape index (κ3) is 6.91. The first kappa shape index (κ1) is 22.4. The number of nitrogens with zero attached hydrogens (tertiary/aromatic N) is 2. The van der Waals surface area contributed by atoms with Crippen LogP contribution in [0.3, 0.4) is 0 Å². The van der Waals surface area contributed by atoms with Crippen molar-refractivity contribution >= 4 is 5.69 Å². The Balaban J connectivity index is 1.62. The van der Waals surface area contributed by atoms with Gasteiger partial charge in [-0.15, -0.1) is 0 Å². The average Bonchev–Trinajstić information content (AvgIpc) is 3.22. The molecule has 0 saturated carbocycles. The van der Waals surface area contributed by atoms with Crippen molar-refractivity contribution in [1.29, 1.82) is 0 Å². The van der Waals surface area contributed by atoms with E-state index in [1.807, 2.05) is 6.07 Å². The molecular formula is C27H38N2O. The number of hydrogen-bond donors (Lipinski definition) is 0. The Kier molecular flexibility index (Phi) is 8.82. The molecule has 162 valence electrons. The number of benzene rings is 2. The molecule has 1 aliphatic heterocycles. The summed E-state index contributed by atoms with van der Waals surface area (Å²) in [6.45, 7) is 11.9. The van der Waals surface area contributed by atoms with Crippen LogP contribution in [0.2, 0.25) is 0 Å². The lowest BCUT2D eigenvalue weighted by Gasteiger charge is -2.31. The largest absolute Gasteiger partial charge is 0.489 e. The molecule has 1 unspecified atom stereocenters. The van der Waals surface area contributed by atoms with Crippen LogP contribution in [0.25, 0.3) is 0 Å². The smallest absolute Gasteiger partial charge is 0.119 e. The normalized spacial score (nSPS) is 16.4. The fourth-order valence-corrected chi connectivity index (χ4v) is 4.08. The van der Waals surface area contributed by atoms with Gasteiger partial charge in [-0.3, -0.25) is 0 Å². The third-order valence-electron chi connectivity index (χ3n) is 5.88. The van der Waals surface area contributed by atoms with Gasteiger partial charge in [0.2, 0.25) is 0 Å². The van der Waals surface area contributed by atoms with Crippen molar-refractivity contribution < 1.29 is 4.74 Å². The lowest BCUT2D eigenvalue weighted by Crippen LogP contribution is -2.38. The first-order valence-corrected chi connectivity index (χ1v) is 11.5. The minimum atomic E-state index is 0.582. The molecule has 2 aromatic carbocycles. The van der Waals surface area contributed by atoms with Crippen LogP contribution in [0.4, 0.5) is 5.69 Å². The maximum absolute atomic E-state index is 5.98. The standard InChI is InChI=1S/C27H38N2O/c1-4-5-9-18-28-19-17-26(21-28)29(20-16-23(2)3)25-12-14-27(15-13-25)30-22-24-10-7-6-8-11-24/h6-8,10-16,26H,4-5,9,17-22H2,1-3H3. The van der Waals surface area contributed by atoms with E-state index in [1.165, 1.54) is 62.1 Å². The summed E-state index contributed by atoms with van der Waals surface area (Å²) in [6, 6.07) is 19.6. The first-order chi connectivity index (χ1) is 14.7. The molecule has 1 fully saturated rings. The number of likely N-dealkylation sites (tertiary alicyclic amines) is 1. The van der Waals surface area contributed by atoms with Gasteiger partial charge in [0.05, 0.1) is 0 Å². The predicted octanol–water partition coefficient (Wildman–Crippen LogP) is 6.30. The second kappa shape index (κ2) is 11.8. The van der Waals surface area contributed by atoms with Crippen molar-refractivity contribution in [3.05, 3.63) is 71.8 Å². The minimum Gasteiger partial charge on any atom is -0.489 e. The minimum absolute atomic E-state index is 0.582. The van der Waals surface area contributed by atoms with Crippen LogP contribution in [0.1, 0.15) is 52.0 Å². The Morgan fingerprint density at radius 2 is 1.83 bits per heavy atom. The molecule has 3 nitrogen and oxygen atoms in total. The molecule has 0 spiro atoms. The van der Waals surface area contributed by atoms with Gasteiger partial charge in [-0.1, -0.05) is 61.7 Å². The number of rotatable bonds is 11. The molecule has 0 aromatic heterocycles. The highest BCUT2D eigenvalue weighted by Gasteiger charge is 2.27. The molecule has 1 aliphatic rings. The van der Waals surface area contributed by atoms with Gasteiger partial charge in [0, 0.05) is 31.4 Å². The molecule has 0 radical (unpaired) electrons. The molecule has 30 heavy (non-hydrogen) atoms. The van der Waals surface area contributed by atoms with E-state index in [1.54, 1.807) is 0 Å². The van der Waals surface area contributed by atoms with Gasteiger partial charge in [-0.05, 0) is 63.1 Å². The lowest BCUT2D eigenvalue weighted by atomic mass is 10.1. The van der Waals surface area contributed by atoms with Crippen molar-refractivity contribution in [2.24, 2.45) is 0 Å². The summed E-state index contributed by atoms with van der Waals surface area (Å²) in [7, 11) is 0. The molecule has 0 amide bonds. The van der Waals surface area contributed by atoms with Crippen LogP contribution < -0.4 is 9.64 Å². The number of anilines is 1.